The molecule has 1 aliphatic carbocycles. The predicted octanol–water partition coefficient (Wildman–Crippen LogP) is 2.98. The number of benzene rings is 1. The molecule has 0 N–H and O–H groups in total. The van der Waals surface area contributed by atoms with Crippen LogP contribution in [0.5, 0.6) is 0 Å². The average molecular weight is 472 g/mol. The van der Waals surface area contributed by atoms with Crippen molar-refractivity contribution in [3.8, 4) is 11.3 Å². The average Bonchev–Trinajstić information content (AvgIpc) is 3.29. The molecule has 3 heterocycles. The van der Waals surface area contributed by atoms with Gasteiger partial charge in [-0.1, -0.05) is 11.6 Å². The van der Waals surface area contributed by atoms with Gasteiger partial charge in [0.05, 0.1) is 16.9 Å². The largest absolute Gasteiger partial charge is 0.342 e. The Balaban J connectivity index is 1.34. The predicted molar refractivity (Wildman–Crippen MR) is 119 cm³/mol. The maximum atomic E-state index is 14.2. The third-order valence-electron chi connectivity index (χ3n) is 6.52. The molecule has 0 unspecified atom stereocenters. The highest BCUT2D eigenvalue weighted by Gasteiger charge is 2.59. The number of anilines is 1. The van der Waals surface area contributed by atoms with Crippen LogP contribution in [0, 0.1) is 23.5 Å². The minimum Gasteiger partial charge on any atom is -0.342 e. The lowest BCUT2D eigenvalue weighted by Gasteiger charge is -2.26. The molecule has 3 aromatic rings. The van der Waals surface area contributed by atoms with Gasteiger partial charge in [0.25, 0.3) is 11.5 Å². The van der Waals surface area contributed by atoms with Crippen LogP contribution < -0.4 is 10.5 Å². The second-order valence-corrected chi connectivity index (χ2v) is 8.87. The summed E-state index contributed by atoms with van der Waals surface area (Å²) in [7, 11) is 3.48. The van der Waals surface area contributed by atoms with Crippen molar-refractivity contribution in [1.82, 2.24) is 19.4 Å². The van der Waals surface area contributed by atoms with Crippen molar-refractivity contribution in [3.05, 3.63) is 75.3 Å². The third kappa shape index (κ3) is 3.66. The van der Waals surface area contributed by atoms with E-state index in [-0.39, 0.29) is 45.6 Å². The van der Waals surface area contributed by atoms with E-state index in [1.807, 2.05) is 11.9 Å². The Bertz CT molecular complexity index is 1320. The zero-order valence-electron chi connectivity index (χ0n) is 17.9. The molecule has 2 fully saturated rings. The minimum atomic E-state index is -0.564. The maximum Gasteiger partial charge on any atom is 0.255 e. The molecule has 2 aromatic heterocycles. The molecule has 1 saturated heterocycles. The Hall–Kier alpha value is -3.33. The van der Waals surface area contributed by atoms with Crippen molar-refractivity contribution in [1.29, 1.82) is 0 Å². The number of carbonyl (C=O) groups is 1. The number of hydrogen-bond donors (Lipinski definition) is 0. The quantitative estimate of drug-likeness (QED) is 0.585. The molecule has 1 aromatic carbocycles. The van der Waals surface area contributed by atoms with Gasteiger partial charge in [-0.2, -0.15) is 0 Å². The van der Waals surface area contributed by atoms with E-state index in [4.69, 9.17) is 11.6 Å². The van der Waals surface area contributed by atoms with E-state index in [9.17, 15) is 18.4 Å². The molecule has 0 spiro atoms. The van der Waals surface area contributed by atoms with Gasteiger partial charge in [0, 0.05) is 68.5 Å². The van der Waals surface area contributed by atoms with Crippen molar-refractivity contribution in [3.63, 3.8) is 0 Å². The number of hydrogen-bond acceptors (Lipinski definition) is 5. The van der Waals surface area contributed by atoms with Crippen LogP contribution in [0.4, 0.5) is 14.7 Å². The minimum absolute atomic E-state index is 0.0830. The van der Waals surface area contributed by atoms with Crippen molar-refractivity contribution < 1.29 is 13.6 Å². The molecule has 7 nitrogen and oxygen atoms in total. The van der Waals surface area contributed by atoms with Crippen LogP contribution in [-0.4, -0.2) is 51.5 Å². The highest BCUT2D eigenvalue weighted by Crippen LogP contribution is 2.49. The van der Waals surface area contributed by atoms with Crippen LogP contribution in [0.25, 0.3) is 11.3 Å². The molecule has 1 saturated carbocycles. The fraction of sp³-hybridized carbons (Fsp3) is 0.304. The van der Waals surface area contributed by atoms with E-state index in [0.29, 0.717) is 24.6 Å². The summed E-state index contributed by atoms with van der Waals surface area (Å²) < 4.78 is 29.1. The first-order valence-corrected chi connectivity index (χ1v) is 10.8. The van der Waals surface area contributed by atoms with Crippen LogP contribution >= 0.6 is 11.6 Å². The highest BCUT2D eigenvalue weighted by atomic mass is 35.5. The fourth-order valence-electron chi connectivity index (χ4n) is 4.74. The normalized spacial score (nSPS) is 21.1. The molecule has 2 aliphatic rings. The van der Waals surface area contributed by atoms with E-state index in [2.05, 4.69) is 9.97 Å². The summed E-state index contributed by atoms with van der Waals surface area (Å²) in [5.41, 5.74) is 0.510. The Labute approximate surface area is 193 Å². The lowest BCUT2D eigenvalue weighted by atomic mass is 10.2. The molecular weight excluding hydrogens is 452 g/mol. The number of likely N-dealkylation sites (tertiary alicyclic amines) is 1. The van der Waals surface area contributed by atoms with Crippen LogP contribution in [0.15, 0.2) is 47.5 Å². The SMILES string of the molecule is CN(c1nc(-c2ccncc2F)cc(=O)n1C)[C@@H]1[C@@H]2CN(C(=O)c3ccc(F)c(Cl)c3)C[C@@H]21. The van der Waals surface area contributed by atoms with E-state index in [1.54, 1.807) is 11.9 Å². The Kier molecular flexibility index (Phi) is 5.16. The van der Waals surface area contributed by atoms with Gasteiger partial charge in [-0.3, -0.25) is 19.1 Å². The molecule has 1 amide bonds. The van der Waals surface area contributed by atoms with Gasteiger partial charge in [0.1, 0.15) is 5.82 Å². The molecule has 170 valence electrons. The van der Waals surface area contributed by atoms with E-state index < -0.39 is 11.6 Å². The van der Waals surface area contributed by atoms with Gasteiger partial charge in [-0.25, -0.2) is 13.8 Å². The summed E-state index contributed by atoms with van der Waals surface area (Å²) in [4.78, 5) is 37.3. The van der Waals surface area contributed by atoms with Gasteiger partial charge < -0.3 is 9.80 Å². The molecular formula is C23H20ClF2N5O2. The maximum absolute atomic E-state index is 14.2. The van der Waals surface area contributed by atoms with Gasteiger partial charge >= 0.3 is 0 Å². The molecule has 1 aliphatic heterocycles. The lowest BCUT2D eigenvalue weighted by molar-refractivity contribution is 0.0772. The number of rotatable bonds is 4. The molecule has 0 radical (unpaired) electrons. The summed E-state index contributed by atoms with van der Waals surface area (Å²) in [5, 5.41) is -0.0830. The standard InChI is InChI=1S/C23H20ClF2N5O2/c1-29-20(32)8-19(13-5-6-27-9-18(13)26)28-23(29)30(2)21-14-10-31(11-15(14)21)22(33)12-3-4-17(25)16(24)7-12/h3-9,14-15,21H,10-11H2,1-2H3/t14-,15+,21-. The topological polar surface area (TPSA) is 71.3 Å². The highest BCUT2D eigenvalue weighted by molar-refractivity contribution is 6.31. The summed E-state index contributed by atoms with van der Waals surface area (Å²) in [6.45, 7) is 1.08. The number of piperidine rings is 1. The Morgan fingerprint density at radius 2 is 1.88 bits per heavy atom. The number of amides is 1. The smallest absolute Gasteiger partial charge is 0.255 e. The number of fused-ring (bicyclic) bond motifs is 1. The Morgan fingerprint density at radius 3 is 2.55 bits per heavy atom. The number of aromatic nitrogens is 3. The summed E-state index contributed by atoms with van der Waals surface area (Å²) in [6, 6.07) is 6.85. The van der Waals surface area contributed by atoms with Crippen LogP contribution in [-0.2, 0) is 7.05 Å². The van der Waals surface area contributed by atoms with Crippen LogP contribution in [0.2, 0.25) is 5.02 Å². The van der Waals surface area contributed by atoms with E-state index in [0.717, 1.165) is 6.20 Å². The van der Waals surface area contributed by atoms with E-state index >= 15 is 0 Å². The van der Waals surface area contributed by atoms with E-state index in [1.165, 1.54) is 41.1 Å². The molecule has 10 heteroatoms. The number of pyridine rings is 1. The zero-order chi connectivity index (χ0) is 23.4. The summed E-state index contributed by atoms with van der Waals surface area (Å²) in [5.74, 6) is -0.444. The first-order valence-electron chi connectivity index (χ1n) is 10.4. The summed E-state index contributed by atoms with van der Waals surface area (Å²) >= 11 is 5.81. The van der Waals surface area contributed by atoms with Gasteiger partial charge in [0.2, 0.25) is 5.95 Å². The second kappa shape index (κ2) is 7.91. The number of nitrogens with zero attached hydrogens (tertiary/aromatic N) is 5. The number of carbonyl (C=O) groups excluding carboxylic acids is 1. The fourth-order valence-corrected chi connectivity index (χ4v) is 4.92. The number of halogens is 3. The Morgan fingerprint density at radius 1 is 1.15 bits per heavy atom. The summed E-state index contributed by atoms with van der Waals surface area (Å²) in [6.07, 6.45) is 2.54. The van der Waals surface area contributed by atoms with Gasteiger partial charge in [-0.15, -0.1) is 0 Å². The van der Waals surface area contributed by atoms with Crippen LogP contribution in [0.3, 0.4) is 0 Å². The van der Waals surface area contributed by atoms with Crippen molar-refractivity contribution in [2.24, 2.45) is 18.9 Å². The molecule has 33 heavy (non-hydrogen) atoms. The van der Waals surface area contributed by atoms with Crippen molar-refractivity contribution in [2.75, 3.05) is 25.0 Å². The molecule has 5 rings (SSSR count). The van der Waals surface area contributed by atoms with Gasteiger partial charge in [0.15, 0.2) is 5.82 Å². The second-order valence-electron chi connectivity index (χ2n) is 8.46. The molecule has 3 atom stereocenters. The first kappa shape index (κ1) is 21.5. The zero-order valence-corrected chi connectivity index (χ0v) is 18.6. The monoisotopic (exact) mass is 471 g/mol. The third-order valence-corrected chi connectivity index (χ3v) is 6.81. The first-order chi connectivity index (χ1) is 15.8. The molecule has 0 bridgehead atoms. The van der Waals surface area contributed by atoms with Gasteiger partial charge in [-0.05, 0) is 24.3 Å². The van der Waals surface area contributed by atoms with Crippen LogP contribution in [0.1, 0.15) is 10.4 Å². The van der Waals surface area contributed by atoms with Crippen molar-refractivity contribution >= 4 is 23.5 Å². The lowest BCUT2D eigenvalue weighted by Crippen LogP contribution is -2.38. The van der Waals surface area contributed by atoms with Crippen molar-refractivity contribution in [2.45, 2.75) is 6.04 Å².